The van der Waals surface area contributed by atoms with Gasteiger partial charge in [0.05, 0.1) is 0 Å². The van der Waals surface area contributed by atoms with Crippen molar-refractivity contribution in [1.82, 2.24) is 10.2 Å². The molecular formula is C15H28N2. The molecular weight excluding hydrogens is 208 g/mol. The lowest BCUT2D eigenvalue weighted by molar-refractivity contribution is -0.00977. The predicted octanol–water partition coefficient (Wildman–Crippen LogP) is 2.35. The molecule has 3 aliphatic heterocycles. The second kappa shape index (κ2) is 4.55. The van der Waals surface area contributed by atoms with Crippen LogP contribution >= 0.6 is 0 Å². The lowest BCUT2D eigenvalue weighted by Crippen LogP contribution is -2.53. The number of nitrogens with one attached hydrogen (secondary N) is 1. The van der Waals surface area contributed by atoms with Crippen LogP contribution in [0.2, 0.25) is 0 Å². The number of hydrogen-bond acceptors (Lipinski definition) is 2. The average Bonchev–Trinajstić information content (AvgIpc) is 2.71. The summed E-state index contributed by atoms with van der Waals surface area (Å²) in [7, 11) is 0. The first-order valence-corrected chi connectivity index (χ1v) is 7.64. The number of rotatable bonds is 2. The van der Waals surface area contributed by atoms with Crippen LogP contribution in [0.5, 0.6) is 0 Å². The van der Waals surface area contributed by atoms with Crippen molar-refractivity contribution in [2.45, 2.75) is 39.5 Å². The van der Waals surface area contributed by atoms with E-state index in [1.54, 1.807) is 0 Å². The normalized spacial score (nSPS) is 45.7. The molecule has 98 valence electrons. The van der Waals surface area contributed by atoms with E-state index in [0.717, 1.165) is 17.8 Å². The highest BCUT2D eigenvalue weighted by molar-refractivity contribution is 5.03. The van der Waals surface area contributed by atoms with Gasteiger partial charge >= 0.3 is 0 Å². The van der Waals surface area contributed by atoms with Gasteiger partial charge in [-0.05, 0) is 75.0 Å². The van der Waals surface area contributed by atoms with Crippen molar-refractivity contribution in [2.24, 2.45) is 23.2 Å². The molecule has 0 radical (unpaired) electrons. The molecule has 2 heteroatoms. The molecule has 3 fully saturated rings. The van der Waals surface area contributed by atoms with Crippen LogP contribution in [-0.2, 0) is 0 Å². The maximum atomic E-state index is 3.66. The minimum Gasteiger partial charge on any atom is -0.316 e. The Morgan fingerprint density at radius 3 is 3.00 bits per heavy atom. The van der Waals surface area contributed by atoms with Crippen LogP contribution in [0.4, 0.5) is 0 Å². The summed E-state index contributed by atoms with van der Waals surface area (Å²) >= 11 is 0. The third kappa shape index (κ3) is 2.04. The van der Waals surface area contributed by atoms with Crippen LogP contribution in [0.15, 0.2) is 0 Å². The maximum absolute atomic E-state index is 3.66. The molecule has 4 unspecified atom stereocenters. The third-order valence-corrected chi connectivity index (χ3v) is 5.71. The van der Waals surface area contributed by atoms with E-state index in [4.69, 9.17) is 0 Å². The van der Waals surface area contributed by atoms with Gasteiger partial charge in [0.1, 0.15) is 0 Å². The van der Waals surface area contributed by atoms with Gasteiger partial charge in [-0.2, -0.15) is 0 Å². The molecule has 1 spiro atoms. The summed E-state index contributed by atoms with van der Waals surface area (Å²) in [5.41, 5.74) is 0.711. The molecule has 0 aromatic rings. The van der Waals surface area contributed by atoms with Gasteiger partial charge in [0.25, 0.3) is 0 Å². The SMILES string of the molecule is CC(C)CC1CNCCC12CCN1CCC2C1. The Hall–Kier alpha value is -0.0800. The van der Waals surface area contributed by atoms with E-state index in [0.29, 0.717) is 5.41 Å². The zero-order chi connectivity index (χ0) is 11.9. The predicted molar refractivity (Wildman–Crippen MR) is 72.0 cm³/mol. The highest BCUT2D eigenvalue weighted by Crippen LogP contribution is 2.52. The van der Waals surface area contributed by atoms with E-state index >= 15 is 0 Å². The molecule has 3 aliphatic rings. The first-order chi connectivity index (χ1) is 8.21. The van der Waals surface area contributed by atoms with E-state index < -0.39 is 0 Å². The highest BCUT2D eigenvalue weighted by Gasteiger charge is 2.50. The van der Waals surface area contributed by atoms with Crippen molar-refractivity contribution in [1.29, 1.82) is 0 Å². The lowest BCUT2D eigenvalue weighted by Gasteiger charge is -2.52. The van der Waals surface area contributed by atoms with Crippen LogP contribution in [0.3, 0.4) is 0 Å². The largest absolute Gasteiger partial charge is 0.316 e. The first-order valence-electron chi connectivity index (χ1n) is 7.64. The smallest absolute Gasteiger partial charge is 0.00156 e. The fourth-order valence-electron chi connectivity index (χ4n) is 4.83. The average molecular weight is 236 g/mol. The van der Waals surface area contributed by atoms with Crippen molar-refractivity contribution < 1.29 is 0 Å². The molecule has 2 nitrogen and oxygen atoms in total. The summed E-state index contributed by atoms with van der Waals surface area (Å²) in [6.07, 6.45) is 5.84. The molecule has 0 aromatic carbocycles. The van der Waals surface area contributed by atoms with Gasteiger partial charge in [-0.15, -0.1) is 0 Å². The number of hydrogen-bond donors (Lipinski definition) is 1. The van der Waals surface area contributed by atoms with Crippen LogP contribution in [0, 0.1) is 23.2 Å². The van der Waals surface area contributed by atoms with Crippen molar-refractivity contribution in [3.63, 3.8) is 0 Å². The summed E-state index contributed by atoms with van der Waals surface area (Å²) in [5.74, 6) is 2.82. The topological polar surface area (TPSA) is 15.3 Å². The van der Waals surface area contributed by atoms with Gasteiger partial charge in [-0.3, -0.25) is 0 Å². The summed E-state index contributed by atoms with van der Waals surface area (Å²) in [6, 6.07) is 0. The Bertz CT molecular complexity index is 276. The van der Waals surface area contributed by atoms with Gasteiger partial charge < -0.3 is 10.2 Å². The first kappa shape index (κ1) is 12.0. The van der Waals surface area contributed by atoms with Crippen molar-refractivity contribution in [3.8, 4) is 0 Å². The maximum Gasteiger partial charge on any atom is 0.00156 e. The Morgan fingerprint density at radius 1 is 1.29 bits per heavy atom. The Morgan fingerprint density at radius 2 is 2.18 bits per heavy atom. The molecule has 0 saturated carbocycles. The van der Waals surface area contributed by atoms with E-state index in [2.05, 4.69) is 24.1 Å². The van der Waals surface area contributed by atoms with Crippen molar-refractivity contribution in [3.05, 3.63) is 0 Å². The van der Waals surface area contributed by atoms with E-state index in [1.807, 2.05) is 0 Å². The molecule has 1 N–H and O–H groups in total. The van der Waals surface area contributed by atoms with E-state index in [-0.39, 0.29) is 0 Å². The summed E-state index contributed by atoms with van der Waals surface area (Å²) in [5, 5.41) is 3.66. The molecule has 0 aliphatic carbocycles. The number of fused-ring (bicyclic) bond motifs is 3. The monoisotopic (exact) mass is 236 g/mol. The second-order valence-corrected chi connectivity index (χ2v) is 7.05. The molecule has 0 aromatic heterocycles. The molecule has 3 heterocycles. The summed E-state index contributed by atoms with van der Waals surface area (Å²) in [6.45, 7) is 11.5. The Kier molecular flexibility index (Phi) is 3.20. The quantitative estimate of drug-likeness (QED) is 0.792. The Labute approximate surface area is 106 Å². The Balaban J connectivity index is 1.80. The van der Waals surface area contributed by atoms with Crippen LogP contribution in [0.25, 0.3) is 0 Å². The van der Waals surface area contributed by atoms with Crippen molar-refractivity contribution in [2.75, 3.05) is 32.7 Å². The number of nitrogens with zero attached hydrogens (tertiary/aromatic N) is 1. The highest BCUT2D eigenvalue weighted by atomic mass is 15.2. The van der Waals surface area contributed by atoms with Crippen LogP contribution in [-0.4, -0.2) is 37.6 Å². The fourth-order valence-corrected chi connectivity index (χ4v) is 4.83. The molecule has 17 heavy (non-hydrogen) atoms. The van der Waals surface area contributed by atoms with Crippen molar-refractivity contribution >= 4 is 0 Å². The van der Waals surface area contributed by atoms with Crippen LogP contribution in [0.1, 0.15) is 39.5 Å². The van der Waals surface area contributed by atoms with Gasteiger partial charge in [0.2, 0.25) is 0 Å². The molecule has 3 rings (SSSR count). The minimum absolute atomic E-state index is 0.711. The standard InChI is InChI=1S/C15H28N2/c1-12(2)9-14-10-16-6-4-15(14)5-8-17-7-3-13(15)11-17/h12-14,16H,3-11H2,1-2H3. The fraction of sp³-hybridized carbons (Fsp3) is 1.00. The van der Waals surface area contributed by atoms with E-state index in [1.165, 1.54) is 58.4 Å². The zero-order valence-corrected chi connectivity index (χ0v) is 11.5. The van der Waals surface area contributed by atoms with Crippen LogP contribution < -0.4 is 5.32 Å². The molecule has 2 bridgehead atoms. The lowest BCUT2D eigenvalue weighted by atomic mass is 9.58. The zero-order valence-electron chi connectivity index (χ0n) is 11.5. The van der Waals surface area contributed by atoms with Gasteiger partial charge in [-0.25, -0.2) is 0 Å². The third-order valence-electron chi connectivity index (χ3n) is 5.71. The van der Waals surface area contributed by atoms with E-state index in [9.17, 15) is 0 Å². The molecule has 4 atom stereocenters. The summed E-state index contributed by atoms with van der Waals surface area (Å²) < 4.78 is 0. The van der Waals surface area contributed by atoms with Gasteiger partial charge in [-0.1, -0.05) is 13.8 Å². The minimum atomic E-state index is 0.711. The molecule has 3 saturated heterocycles. The number of piperidine rings is 2. The van der Waals surface area contributed by atoms with Gasteiger partial charge in [0, 0.05) is 6.54 Å². The van der Waals surface area contributed by atoms with Gasteiger partial charge in [0.15, 0.2) is 0 Å². The second-order valence-electron chi connectivity index (χ2n) is 7.05. The summed E-state index contributed by atoms with van der Waals surface area (Å²) in [4.78, 5) is 2.70. The molecule has 0 amide bonds.